The third-order valence-corrected chi connectivity index (χ3v) is 3.50. The fourth-order valence-electron chi connectivity index (χ4n) is 2.31. The van der Waals surface area contributed by atoms with Crippen molar-refractivity contribution in [1.29, 1.82) is 0 Å². The normalized spacial score (nSPS) is 11.7. The van der Waals surface area contributed by atoms with E-state index in [1.807, 2.05) is 0 Å². The van der Waals surface area contributed by atoms with E-state index in [9.17, 15) is 29.9 Å². The highest BCUT2D eigenvalue weighted by molar-refractivity contribution is 5.82. The molecule has 2 rings (SSSR count). The zero-order valence-electron chi connectivity index (χ0n) is 13.2. The number of phenolic OH excluding ortho intramolecular Hbond substituents is 1. The standard InChI is InChI=1S/C15H16N4O6/c1-9(20)17-13(15(22)23)5-12-6-16-8-18(12)7-10-4-11(19(24)25)2-3-14(10)21/h2-4,6,8,13,21H,5,7H2,1H3,(H,17,20)(H,22,23)/t13-/m0/s1. The zero-order valence-corrected chi connectivity index (χ0v) is 13.2. The van der Waals surface area contributed by atoms with Gasteiger partial charge in [0.15, 0.2) is 0 Å². The van der Waals surface area contributed by atoms with Gasteiger partial charge >= 0.3 is 5.97 Å². The molecular weight excluding hydrogens is 332 g/mol. The average Bonchev–Trinajstić information content (AvgIpc) is 2.95. The van der Waals surface area contributed by atoms with Gasteiger partial charge < -0.3 is 20.1 Å². The smallest absolute Gasteiger partial charge is 0.326 e. The third kappa shape index (κ3) is 4.53. The molecule has 0 radical (unpaired) electrons. The summed E-state index contributed by atoms with van der Waals surface area (Å²) in [6.45, 7) is 1.28. The van der Waals surface area contributed by atoms with Gasteiger partial charge in [0.25, 0.3) is 5.69 Å². The Hall–Kier alpha value is -3.43. The third-order valence-electron chi connectivity index (χ3n) is 3.50. The van der Waals surface area contributed by atoms with Crippen LogP contribution in [0.2, 0.25) is 0 Å². The SMILES string of the molecule is CC(=O)N[C@@H](Cc1cncn1Cc1cc([N+](=O)[O-])ccc1O)C(=O)O. The van der Waals surface area contributed by atoms with Crippen LogP contribution in [0.3, 0.4) is 0 Å². The molecule has 0 bridgehead atoms. The summed E-state index contributed by atoms with van der Waals surface area (Å²) in [6.07, 6.45) is 2.83. The fraction of sp³-hybridized carbons (Fsp3) is 0.267. The predicted octanol–water partition coefficient (Wildman–Crippen LogP) is 0.677. The molecule has 0 fully saturated rings. The van der Waals surface area contributed by atoms with E-state index in [-0.39, 0.29) is 24.4 Å². The van der Waals surface area contributed by atoms with E-state index in [1.54, 1.807) is 4.57 Å². The van der Waals surface area contributed by atoms with Crippen LogP contribution < -0.4 is 5.32 Å². The van der Waals surface area contributed by atoms with Gasteiger partial charge in [-0.2, -0.15) is 0 Å². The number of aromatic hydroxyl groups is 1. The van der Waals surface area contributed by atoms with Crippen molar-refractivity contribution in [3.63, 3.8) is 0 Å². The Labute approximate surface area is 141 Å². The number of phenols is 1. The Morgan fingerprint density at radius 1 is 1.44 bits per heavy atom. The van der Waals surface area contributed by atoms with Gasteiger partial charge in [-0.15, -0.1) is 0 Å². The Bertz CT molecular complexity index is 816. The number of carbonyl (C=O) groups excluding carboxylic acids is 1. The van der Waals surface area contributed by atoms with Gasteiger partial charge in [0.05, 0.1) is 17.8 Å². The van der Waals surface area contributed by atoms with E-state index >= 15 is 0 Å². The van der Waals surface area contributed by atoms with Crippen molar-refractivity contribution in [3.8, 4) is 5.75 Å². The number of aliphatic carboxylic acids is 1. The molecule has 1 heterocycles. The Morgan fingerprint density at radius 2 is 2.16 bits per heavy atom. The molecule has 2 aromatic rings. The molecule has 0 unspecified atom stereocenters. The number of nitrogens with zero attached hydrogens (tertiary/aromatic N) is 3. The summed E-state index contributed by atoms with van der Waals surface area (Å²) in [6, 6.07) is 2.51. The molecule has 1 aromatic carbocycles. The van der Waals surface area contributed by atoms with E-state index < -0.39 is 22.8 Å². The highest BCUT2D eigenvalue weighted by atomic mass is 16.6. The highest BCUT2D eigenvalue weighted by Gasteiger charge is 2.21. The second-order valence-electron chi connectivity index (χ2n) is 5.38. The molecule has 0 aliphatic carbocycles. The topological polar surface area (TPSA) is 148 Å². The number of benzene rings is 1. The number of carboxylic acids is 1. The number of aromatic nitrogens is 2. The average molecular weight is 348 g/mol. The molecule has 1 aromatic heterocycles. The van der Waals surface area contributed by atoms with E-state index in [2.05, 4.69) is 10.3 Å². The first kappa shape index (κ1) is 17.9. The van der Waals surface area contributed by atoms with Crippen LogP contribution in [-0.4, -0.2) is 42.6 Å². The number of hydrogen-bond donors (Lipinski definition) is 3. The summed E-state index contributed by atoms with van der Waals surface area (Å²) < 4.78 is 1.55. The van der Waals surface area contributed by atoms with Crippen molar-refractivity contribution in [2.75, 3.05) is 0 Å². The number of hydrogen-bond acceptors (Lipinski definition) is 6. The fourth-order valence-corrected chi connectivity index (χ4v) is 2.31. The second kappa shape index (κ2) is 7.43. The van der Waals surface area contributed by atoms with Gasteiger partial charge in [-0.3, -0.25) is 14.9 Å². The number of imidazole rings is 1. The summed E-state index contributed by atoms with van der Waals surface area (Å²) in [7, 11) is 0. The van der Waals surface area contributed by atoms with E-state index in [0.717, 1.165) is 0 Å². The highest BCUT2D eigenvalue weighted by Crippen LogP contribution is 2.24. The molecular formula is C15H16N4O6. The van der Waals surface area contributed by atoms with E-state index in [0.29, 0.717) is 11.3 Å². The van der Waals surface area contributed by atoms with Gasteiger partial charge in [0.2, 0.25) is 5.91 Å². The lowest BCUT2D eigenvalue weighted by molar-refractivity contribution is -0.384. The number of nitrogens with one attached hydrogen (secondary N) is 1. The first-order valence-electron chi connectivity index (χ1n) is 7.23. The number of carbonyl (C=O) groups is 2. The van der Waals surface area contributed by atoms with Crippen LogP contribution in [0.15, 0.2) is 30.7 Å². The van der Waals surface area contributed by atoms with Crippen LogP contribution in [0.1, 0.15) is 18.2 Å². The molecule has 3 N–H and O–H groups in total. The monoisotopic (exact) mass is 348 g/mol. The van der Waals surface area contributed by atoms with Crippen LogP contribution in [0.4, 0.5) is 5.69 Å². The lowest BCUT2D eigenvalue weighted by atomic mass is 10.1. The number of carboxylic acid groups (broad SMARTS) is 1. The lowest BCUT2D eigenvalue weighted by Crippen LogP contribution is -2.41. The largest absolute Gasteiger partial charge is 0.508 e. The summed E-state index contributed by atoms with van der Waals surface area (Å²) >= 11 is 0. The first-order valence-corrected chi connectivity index (χ1v) is 7.23. The van der Waals surface area contributed by atoms with Crippen molar-refractivity contribution in [2.45, 2.75) is 25.9 Å². The lowest BCUT2D eigenvalue weighted by Gasteiger charge is -2.15. The van der Waals surface area contributed by atoms with E-state index in [4.69, 9.17) is 0 Å². The molecule has 0 saturated carbocycles. The van der Waals surface area contributed by atoms with Crippen molar-refractivity contribution in [3.05, 3.63) is 52.1 Å². The summed E-state index contributed by atoms with van der Waals surface area (Å²) in [4.78, 5) is 36.6. The Morgan fingerprint density at radius 3 is 2.76 bits per heavy atom. The maximum atomic E-state index is 11.2. The number of nitro benzene ring substituents is 1. The number of non-ortho nitro benzene ring substituents is 1. The van der Waals surface area contributed by atoms with Crippen molar-refractivity contribution in [2.24, 2.45) is 0 Å². The van der Waals surface area contributed by atoms with Gasteiger partial charge in [-0.1, -0.05) is 0 Å². The van der Waals surface area contributed by atoms with Crippen molar-refractivity contribution >= 4 is 17.6 Å². The zero-order chi connectivity index (χ0) is 18.6. The summed E-state index contributed by atoms with van der Waals surface area (Å²) in [5, 5.41) is 32.3. The molecule has 10 heteroatoms. The summed E-state index contributed by atoms with van der Waals surface area (Å²) in [5.41, 5.74) is 0.614. The molecule has 25 heavy (non-hydrogen) atoms. The molecule has 0 spiro atoms. The van der Waals surface area contributed by atoms with Crippen LogP contribution in [-0.2, 0) is 22.6 Å². The Kier molecular flexibility index (Phi) is 5.32. The molecule has 0 saturated heterocycles. The minimum absolute atomic E-state index is 0.0232. The van der Waals surface area contributed by atoms with Crippen molar-refractivity contribution in [1.82, 2.24) is 14.9 Å². The number of amides is 1. The molecule has 10 nitrogen and oxygen atoms in total. The molecule has 0 aliphatic heterocycles. The first-order chi connectivity index (χ1) is 11.8. The van der Waals surface area contributed by atoms with Gasteiger partial charge in [-0.25, -0.2) is 9.78 Å². The maximum Gasteiger partial charge on any atom is 0.326 e. The summed E-state index contributed by atoms with van der Waals surface area (Å²) in [5.74, 6) is -1.79. The minimum Gasteiger partial charge on any atom is -0.508 e. The van der Waals surface area contributed by atoms with Gasteiger partial charge in [0.1, 0.15) is 11.8 Å². The van der Waals surface area contributed by atoms with Gasteiger partial charge in [-0.05, 0) is 6.07 Å². The quantitative estimate of drug-likeness (QED) is 0.492. The van der Waals surface area contributed by atoms with Crippen LogP contribution in [0.25, 0.3) is 0 Å². The molecule has 1 amide bonds. The molecule has 0 aliphatic rings. The molecule has 1 atom stereocenters. The predicted molar refractivity (Wildman–Crippen MR) is 85.0 cm³/mol. The second-order valence-corrected chi connectivity index (χ2v) is 5.38. The van der Waals surface area contributed by atoms with Crippen molar-refractivity contribution < 1.29 is 24.7 Å². The molecule has 132 valence electrons. The van der Waals surface area contributed by atoms with Crippen LogP contribution in [0.5, 0.6) is 5.75 Å². The van der Waals surface area contributed by atoms with Gasteiger partial charge in [0, 0.05) is 42.9 Å². The Balaban J connectivity index is 2.24. The number of rotatable bonds is 7. The van der Waals surface area contributed by atoms with Crippen LogP contribution in [0, 0.1) is 10.1 Å². The van der Waals surface area contributed by atoms with Crippen LogP contribution >= 0.6 is 0 Å². The maximum absolute atomic E-state index is 11.2. The number of nitro groups is 1. The van der Waals surface area contributed by atoms with E-state index in [1.165, 1.54) is 37.6 Å². The minimum atomic E-state index is -1.19.